The van der Waals surface area contributed by atoms with Crippen molar-refractivity contribution in [2.75, 3.05) is 50.1 Å². The van der Waals surface area contributed by atoms with E-state index in [9.17, 15) is 8.42 Å². The Kier molecular flexibility index (Phi) is 7.74. The first-order chi connectivity index (χ1) is 16.2. The monoisotopic (exact) mass is 509 g/mol. The quantitative estimate of drug-likeness (QED) is 0.368. The Morgan fingerprint density at radius 1 is 0.882 bits per heavy atom. The highest BCUT2D eigenvalue weighted by atomic mass is 35.5. The van der Waals surface area contributed by atoms with Crippen molar-refractivity contribution in [2.24, 2.45) is 0 Å². The maximum Gasteiger partial charge on any atom is 0.229 e. The number of benzene rings is 2. The second kappa shape index (κ2) is 10.5. The van der Waals surface area contributed by atoms with Crippen LogP contribution in [0.25, 0.3) is 0 Å². The Morgan fingerprint density at radius 3 is 2.12 bits per heavy atom. The molecule has 1 aromatic heterocycles. The summed E-state index contributed by atoms with van der Waals surface area (Å²) >= 11 is 6.29. The van der Waals surface area contributed by atoms with E-state index in [2.05, 4.69) is 25.3 Å². The molecule has 1 heterocycles. The third-order valence-electron chi connectivity index (χ3n) is 4.44. The molecule has 0 atom stereocenters. The van der Waals surface area contributed by atoms with Crippen LogP contribution in [0.4, 0.5) is 28.8 Å². The minimum Gasteiger partial charge on any atom is -0.497 e. The molecule has 0 aliphatic rings. The number of halogens is 1. The van der Waals surface area contributed by atoms with Gasteiger partial charge in [0, 0.05) is 23.9 Å². The number of sulfonamides is 1. The van der Waals surface area contributed by atoms with Crippen LogP contribution >= 0.6 is 11.6 Å². The summed E-state index contributed by atoms with van der Waals surface area (Å²) in [4.78, 5) is 8.61. The van der Waals surface area contributed by atoms with E-state index in [4.69, 9.17) is 30.5 Å². The van der Waals surface area contributed by atoms with Gasteiger partial charge >= 0.3 is 0 Å². The van der Waals surface area contributed by atoms with Gasteiger partial charge in [0.1, 0.15) is 10.8 Å². The van der Waals surface area contributed by atoms with E-state index in [1.165, 1.54) is 40.7 Å². The fraction of sp³-hybridized carbons (Fsp3) is 0.238. The average Bonchev–Trinajstić information content (AvgIpc) is 2.80. The van der Waals surface area contributed by atoms with Gasteiger partial charge in [0.25, 0.3) is 0 Å². The van der Waals surface area contributed by atoms with Crippen molar-refractivity contribution >= 4 is 50.5 Å². The maximum absolute atomic E-state index is 11.8. The largest absolute Gasteiger partial charge is 0.497 e. The van der Waals surface area contributed by atoms with Crippen LogP contribution in [0.2, 0.25) is 5.02 Å². The van der Waals surface area contributed by atoms with Crippen molar-refractivity contribution in [1.29, 1.82) is 0 Å². The van der Waals surface area contributed by atoms with Gasteiger partial charge in [-0.3, -0.25) is 4.72 Å². The summed E-state index contributed by atoms with van der Waals surface area (Å²) < 4.78 is 47.3. The van der Waals surface area contributed by atoms with Gasteiger partial charge in [-0.05, 0) is 12.1 Å². The van der Waals surface area contributed by atoms with Crippen LogP contribution in [0.1, 0.15) is 0 Å². The van der Waals surface area contributed by atoms with Crippen molar-refractivity contribution in [3.05, 3.63) is 41.6 Å². The average molecular weight is 510 g/mol. The van der Waals surface area contributed by atoms with Crippen LogP contribution in [0.15, 0.2) is 36.5 Å². The van der Waals surface area contributed by atoms with Crippen LogP contribution in [-0.4, -0.2) is 53.1 Å². The summed E-state index contributed by atoms with van der Waals surface area (Å²) in [5.74, 6) is 2.27. The molecule has 34 heavy (non-hydrogen) atoms. The van der Waals surface area contributed by atoms with E-state index < -0.39 is 10.0 Å². The molecule has 3 rings (SSSR count). The fourth-order valence-electron chi connectivity index (χ4n) is 2.97. The summed E-state index contributed by atoms with van der Waals surface area (Å²) in [6, 6.07) is 8.23. The number of hydrogen-bond acceptors (Lipinski definition) is 10. The Morgan fingerprint density at radius 2 is 1.56 bits per heavy atom. The molecular weight excluding hydrogens is 486 g/mol. The molecule has 0 unspecified atom stereocenters. The van der Waals surface area contributed by atoms with Crippen LogP contribution in [0.3, 0.4) is 0 Å². The molecule has 3 aromatic rings. The zero-order valence-electron chi connectivity index (χ0n) is 19.1. The number of nitrogens with one attached hydrogen (secondary N) is 3. The van der Waals surface area contributed by atoms with E-state index >= 15 is 0 Å². The van der Waals surface area contributed by atoms with Gasteiger partial charge in [-0.2, -0.15) is 4.98 Å². The lowest BCUT2D eigenvalue weighted by atomic mass is 10.2. The predicted octanol–water partition coefficient (Wildman–Crippen LogP) is 4.02. The first-order valence-electron chi connectivity index (χ1n) is 9.69. The molecule has 3 N–H and O–H groups in total. The first kappa shape index (κ1) is 25.0. The molecule has 0 saturated carbocycles. The lowest BCUT2D eigenvalue weighted by Gasteiger charge is -2.16. The SMILES string of the molecule is COc1ccc(Nc2nc(Nc3cc(OC)c(OC)c(OC)c3)ncc2Cl)c(NS(C)(=O)=O)c1. The molecule has 0 saturated heterocycles. The molecule has 0 aliphatic heterocycles. The minimum atomic E-state index is -3.55. The third kappa shape index (κ3) is 6.02. The van der Waals surface area contributed by atoms with E-state index in [0.717, 1.165) is 6.26 Å². The number of anilines is 5. The molecule has 2 aromatic carbocycles. The van der Waals surface area contributed by atoms with E-state index in [1.807, 2.05) is 0 Å². The van der Waals surface area contributed by atoms with Gasteiger partial charge in [-0.1, -0.05) is 11.6 Å². The molecule has 0 radical (unpaired) electrons. The number of hydrogen-bond donors (Lipinski definition) is 3. The molecular formula is C21H24ClN5O6S. The summed E-state index contributed by atoms with van der Waals surface area (Å²) in [7, 11) is 2.47. The van der Waals surface area contributed by atoms with Crippen molar-refractivity contribution in [1.82, 2.24) is 9.97 Å². The first-order valence-corrected chi connectivity index (χ1v) is 12.0. The highest BCUT2D eigenvalue weighted by molar-refractivity contribution is 7.92. The topological polar surface area (TPSA) is 133 Å². The van der Waals surface area contributed by atoms with Crippen molar-refractivity contribution in [3.8, 4) is 23.0 Å². The zero-order valence-corrected chi connectivity index (χ0v) is 20.7. The standard InChI is InChI=1S/C21H24ClN5O6S/c1-30-13-6-7-15(16(10-13)27-34(5,28)29)25-20-14(22)11-23-21(26-20)24-12-8-17(31-2)19(33-4)18(9-12)32-3/h6-11,27H,1-5H3,(H2,23,24,25,26). The summed E-state index contributed by atoms with van der Waals surface area (Å²) in [5.41, 5.74) is 1.24. The summed E-state index contributed by atoms with van der Waals surface area (Å²) in [5, 5.41) is 6.31. The Labute approximate surface area is 202 Å². The molecule has 11 nitrogen and oxygen atoms in total. The normalized spacial score (nSPS) is 10.9. The van der Waals surface area contributed by atoms with Gasteiger partial charge in [-0.15, -0.1) is 0 Å². The lowest BCUT2D eigenvalue weighted by molar-refractivity contribution is 0.324. The fourth-order valence-corrected chi connectivity index (χ4v) is 3.68. The second-order valence-corrected chi connectivity index (χ2v) is 9.00. The van der Waals surface area contributed by atoms with Crippen molar-refractivity contribution in [3.63, 3.8) is 0 Å². The van der Waals surface area contributed by atoms with Gasteiger partial charge in [0.05, 0.1) is 52.3 Å². The number of aromatic nitrogens is 2. The lowest BCUT2D eigenvalue weighted by Crippen LogP contribution is -2.11. The molecule has 0 spiro atoms. The van der Waals surface area contributed by atoms with E-state index in [0.29, 0.717) is 34.4 Å². The zero-order chi connectivity index (χ0) is 24.9. The van der Waals surface area contributed by atoms with Crippen molar-refractivity contribution < 1.29 is 27.4 Å². The molecule has 13 heteroatoms. The predicted molar refractivity (Wildman–Crippen MR) is 131 cm³/mol. The number of methoxy groups -OCH3 is 4. The summed E-state index contributed by atoms with van der Waals surface area (Å²) in [6.07, 6.45) is 2.46. The highest BCUT2D eigenvalue weighted by Gasteiger charge is 2.16. The van der Waals surface area contributed by atoms with Crippen molar-refractivity contribution in [2.45, 2.75) is 0 Å². The van der Waals surface area contributed by atoms with Crippen LogP contribution in [-0.2, 0) is 10.0 Å². The Hall–Kier alpha value is -3.64. The van der Waals surface area contributed by atoms with Crippen LogP contribution in [0, 0.1) is 0 Å². The maximum atomic E-state index is 11.8. The number of ether oxygens (including phenoxy) is 4. The van der Waals surface area contributed by atoms with Gasteiger partial charge in [0.15, 0.2) is 17.3 Å². The summed E-state index contributed by atoms with van der Waals surface area (Å²) in [6.45, 7) is 0. The molecule has 0 fully saturated rings. The molecule has 0 amide bonds. The Bertz CT molecular complexity index is 1260. The van der Waals surface area contributed by atoms with Crippen LogP contribution in [0.5, 0.6) is 23.0 Å². The van der Waals surface area contributed by atoms with Gasteiger partial charge in [0.2, 0.25) is 21.7 Å². The molecule has 0 bridgehead atoms. The Balaban J connectivity index is 1.94. The smallest absolute Gasteiger partial charge is 0.229 e. The second-order valence-electron chi connectivity index (χ2n) is 6.84. The van der Waals surface area contributed by atoms with E-state index in [-0.39, 0.29) is 22.5 Å². The highest BCUT2D eigenvalue weighted by Crippen LogP contribution is 2.40. The minimum absolute atomic E-state index is 0.215. The number of nitrogens with zero attached hydrogens (tertiary/aromatic N) is 2. The third-order valence-corrected chi connectivity index (χ3v) is 5.31. The van der Waals surface area contributed by atoms with Crippen LogP contribution < -0.4 is 34.3 Å². The molecule has 182 valence electrons. The van der Waals surface area contributed by atoms with Gasteiger partial charge in [-0.25, -0.2) is 13.4 Å². The molecule has 0 aliphatic carbocycles. The van der Waals surface area contributed by atoms with E-state index in [1.54, 1.807) is 24.3 Å². The van der Waals surface area contributed by atoms with Gasteiger partial charge < -0.3 is 29.6 Å². The number of rotatable bonds is 10.